The Balaban J connectivity index is 1.78. The molecule has 1 unspecified atom stereocenters. The predicted octanol–water partition coefficient (Wildman–Crippen LogP) is 3.59. The van der Waals surface area contributed by atoms with Gasteiger partial charge in [-0.05, 0) is 30.7 Å². The first kappa shape index (κ1) is 15.8. The Kier molecular flexibility index (Phi) is 4.50. The van der Waals surface area contributed by atoms with Crippen molar-refractivity contribution in [2.24, 2.45) is 0 Å². The van der Waals surface area contributed by atoms with E-state index in [-0.39, 0.29) is 11.5 Å². The molecule has 0 aliphatic rings. The summed E-state index contributed by atoms with van der Waals surface area (Å²) in [5.74, 6) is -0.210. The summed E-state index contributed by atoms with van der Waals surface area (Å²) in [4.78, 5) is 24.7. The van der Waals surface area contributed by atoms with Crippen LogP contribution in [0.25, 0.3) is 10.1 Å². The number of fused-ring (bicyclic) bond motifs is 1. The van der Waals surface area contributed by atoms with E-state index in [0.29, 0.717) is 17.0 Å². The quantitative estimate of drug-likeness (QED) is 0.784. The molecule has 0 aliphatic carbocycles. The normalized spacial score (nSPS) is 12.3. The van der Waals surface area contributed by atoms with Crippen molar-refractivity contribution in [1.29, 1.82) is 0 Å². The van der Waals surface area contributed by atoms with Crippen molar-refractivity contribution < 1.29 is 4.79 Å². The van der Waals surface area contributed by atoms with E-state index in [1.807, 2.05) is 36.4 Å². The molecule has 6 heteroatoms. The van der Waals surface area contributed by atoms with E-state index in [2.05, 4.69) is 5.32 Å². The number of carbonyl (C=O) groups excluding carboxylic acids is 1. The van der Waals surface area contributed by atoms with E-state index in [1.54, 1.807) is 19.1 Å². The summed E-state index contributed by atoms with van der Waals surface area (Å²) in [7, 11) is 0. The summed E-state index contributed by atoms with van der Waals surface area (Å²) < 4.78 is 2.38. The van der Waals surface area contributed by atoms with Crippen LogP contribution in [0.15, 0.2) is 53.3 Å². The molecule has 1 amide bonds. The van der Waals surface area contributed by atoms with E-state index >= 15 is 0 Å². The third kappa shape index (κ3) is 3.16. The van der Waals surface area contributed by atoms with Crippen LogP contribution in [0.1, 0.15) is 18.5 Å². The Hall–Kier alpha value is -2.11. The van der Waals surface area contributed by atoms with Crippen molar-refractivity contribution in [3.8, 4) is 0 Å². The lowest BCUT2D eigenvalue weighted by Crippen LogP contribution is -2.33. The Labute approximate surface area is 142 Å². The van der Waals surface area contributed by atoms with E-state index in [1.165, 1.54) is 15.5 Å². The van der Waals surface area contributed by atoms with Crippen molar-refractivity contribution in [3.05, 3.63) is 69.5 Å². The second-order valence-corrected chi connectivity index (χ2v) is 6.63. The van der Waals surface area contributed by atoms with Gasteiger partial charge in [-0.15, -0.1) is 0 Å². The van der Waals surface area contributed by atoms with E-state index < -0.39 is 6.04 Å². The molecule has 23 heavy (non-hydrogen) atoms. The van der Waals surface area contributed by atoms with Gasteiger partial charge >= 0.3 is 0 Å². The topological polar surface area (TPSA) is 51.1 Å². The molecular weight excluding hydrogens is 332 g/mol. The summed E-state index contributed by atoms with van der Waals surface area (Å²) in [6.45, 7) is 2.06. The predicted molar refractivity (Wildman–Crippen MR) is 94.1 cm³/mol. The smallest absolute Gasteiger partial charge is 0.269 e. The number of rotatable bonds is 4. The van der Waals surface area contributed by atoms with Crippen LogP contribution in [0.5, 0.6) is 0 Å². The van der Waals surface area contributed by atoms with E-state index in [4.69, 9.17) is 11.6 Å². The summed E-state index contributed by atoms with van der Waals surface area (Å²) in [6.07, 6.45) is 0. The molecule has 0 radical (unpaired) electrons. The number of aromatic nitrogens is 1. The maximum Gasteiger partial charge on any atom is 0.269 e. The molecule has 0 fully saturated rings. The van der Waals surface area contributed by atoms with Gasteiger partial charge < -0.3 is 5.32 Å². The summed E-state index contributed by atoms with van der Waals surface area (Å²) in [5, 5.41) is 4.09. The molecule has 0 spiro atoms. The highest BCUT2D eigenvalue weighted by Gasteiger charge is 2.19. The number of carbonyl (C=O) groups is 1. The van der Waals surface area contributed by atoms with Gasteiger partial charge in [0.25, 0.3) is 5.56 Å². The first-order valence-electron chi connectivity index (χ1n) is 7.19. The molecule has 2 aromatic carbocycles. The zero-order chi connectivity index (χ0) is 16.4. The van der Waals surface area contributed by atoms with Gasteiger partial charge in [-0.1, -0.05) is 53.5 Å². The van der Waals surface area contributed by atoms with Crippen molar-refractivity contribution in [2.75, 3.05) is 0 Å². The minimum absolute atomic E-state index is 0.133. The lowest BCUT2D eigenvalue weighted by Gasteiger charge is -2.12. The van der Waals surface area contributed by atoms with Gasteiger partial charge in [0.2, 0.25) is 5.91 Å². The number of nitrogens with zero attached hydrogens (tertiary/aromatic N) is 1. The van der Waals surface area contributed by atoms with Gasteiger partial charge in [0, 0.05) is 11.6 Å². The second-order valence-electron chi connectivity index (χ2n) is 5.20. The van der Waals surface area contributed by atoms with Crippen LogP contribution in [0.4, 0.5) is 0 Å². The maximum atomic E-state index is 12.4. The first-order valence-corrected chi connectivity index (χ1v) is 8.34. The molecule has 0 aliphatic heterocycles. The highest BCUT2D eigenvalue weighted by Crippen LogP contribution is 2.20. The standard InChI is InChI=1S/C17H15ClN2O2S/c1-11(16(21)19-10-12-6-2-4-8-14(12)18)20-17(22)13-7-3-5-9-15(13)23-20/h2-9,11H,10H2,1H3,(H,19,21). The van der Waals surface area contributed by atoms with Crippen LogP contribution in [0.3, 0.4) is 0 Å². The summed E-state index contributed by atoms with van der Waals surface area (Å²) in [5.41, 5.74) is 0.712. The average Bonchev–Trinajstić information content (AvgIpc) is 2.90. The largest absolute Gasteiger partial charge is 0.350 e. The van der Waals surface area contributed by atoms with Gasteiger partial charge in [-0.2, -0.15) is 0 Å². The summed E-state index contributed by atoms with van der Waals surface area (Å²) >= 11 is 7.38. The molecule has 3 rings (SSSR count). The molecule has 0 saturated heterocycles. The van der Waals surface area contributed by atoms with Gasteiger partial charge in [0.1, 0.15) is 6.04 Å². The highest BCUT2D eigenvalue weighted by atomic mass is 35.5. The number of hydrogen-bond donors (Lipinski definition) is 1. The molecule has 1 N–H and O–H groups in total. The summed E-state index contributed by atoms with van der Waals surface area (Å²) in [6, 6.07) is 14.1. The van der Waals surface area contributed by atoms with Crippen LogP contribution in [-0.4, -0.2) is 9.86 Å². The molecule has 118 valence electrons. The van der Waals surface area contributed by atoms with E-state index in [9.17, 15) is 9.59 Å². The Morgan fingerprint density at radius 3 is 2.65 bits per heavy atom. The Morgan fingerprint density at radius 1 is 1.22 bits per heavy atom. The molecule has 3 aromatic rings. The van der Waals surface area contributed by atoms with Gasteiger partial charge in [0.05, 0.1) is 10.1 Å². The number of amides is 1. The van der Waals surface area contributed by atoms with Crippen LogP contribution in [0, 0.1) is 0 Å². The fraction of sp³-hybridized carbons (Fsp3) is 0.176. The zero-order valence-corrected chi connectivity index (χ0v) is 14.0. The third-order valence-electron chi connectivity index (χ3n) is 3.66. The molecule has 1 atom stereocenters. The van der Waals surface area contributed by atoms with Crippen LogP contribution in [0.2, 0.25) is 5.02 Å². The fourth-order valence-corrected chi connectivity index (χ4v) is 3.56. The molecule has 1 aromatic heterocycles. The van der Waals surface area contributed by atoms with Crippen molar-refractivity contribution in [3.63, 3.8) is 0 Å². The molecule has 4 nitrogen and oxygen atoms in total. The minimum Gasteiger partial charge on any atom is -0.350 e. The minimum atomic E-state index is -0.567. The van der Waals surface area contributed by atoms with Gasteiger partial charge in [-0.3, -0.25) is 13.5 Å². The van der Waals surface area contributed by atoms with Crippen molar-refractivity contribution in [2.45, 2.75) is 19.5 Å². The molecule has 0 bridgehead atoms. The van der Waals surface area contributed by atoms with Crippen molar-refractivity contribution >= 4 is 39.1 Å². The molecule has 1 heterocycles. The van der Waals surface area contributed by atoms with Crippen LogP contribution in [-0.2, 0) is 11.3 Å². The highest BCUT2D eigenvalue weighted by molar-refractivity contribution is 7.14. The maximum absolute atomic E-state index is 12.4. The van der Waals surface area contributed by atoms with Gasteiger partial charge in [-0.25, -0.2) is 0 Å². The third-order valence-corrected chi connectivity index (χ3v) is 5.26. The number of halogens is 1. The monoisotopic (exact) mass is 346 g/mol. The van der Waals surface area contributed by atoms with Gasteiger partial charge in [0.15, 0.2) is 0 Å². The van der Waals surface area contributed by atoms with Crippen LogP contribution < -0.4 is 10.9 Å². The second kappa shape index (κ2) is 6.56. The average molecular weight is 347 g/mol. The van der Waals surface area contributed by atoms with Crippen LogP contribution >= 0.6 is 23.1 Å². The zero-order valence-electron chi connectivity index (χ0n) is 12.5. The SMILES string of the molecule is CC(C(=O)NCc1ccccc1Cl)n1sc2ccccc2c1=O. The lowest BCUT2D eigenvalue weighted by molar-refractivity contribution is -0.123. The lowest BCUT2D eigenvalue weighted by atomic mass is 10.2. The number of hydrogen-bond acceptors (Lipinski definition) is 3. The number of nitrogens with one attached hydrogen (secondary N) is 1. The Morgan fingerprint density at radius 2 is 1.91 bits per heavy atom. The molecular formula is C17H15ClN2O2S. The number of benzene rings is 2. The van der Waals surface area contributed by atoms with E-state index in [0.717, 1.165) is 10.3 Å². The van der Waals surface area contributed by atoms with Crippen molar-refractivity contribution in [1.82, 2.24) is 9.27 Å². The first-order chi connectivity index (χ1) is 11.1. The Bertz CT molecular complexity index is 916. The fourth-order valence-electron chi connectivity index (χ4n) is 2.32. The molecule has 0 saturated carbocycles.